The Balaban J connectivity index is 1.49. The average Bonchev–Trinajstić information content (AvgIpc) is 3.45. The minimum absolute atomic E-state index is 0.0100. The van der Waals surface area contributed by atoms with Crippen molar-refractivity contribution in [2.75, 3.05) is 25.6 Å². The van der Waals surface area contributed by atoms with Gasteiger partial charge in [0.15, 0.2) is 0 Å². The largest absolute Gasteiger partial charge is 0.480 e. The van der Waals surface area contributed by atoms with Gasteiger partial charge in [0.2, 0.25) is 18.5 Å². The van der Waals surface area contributed by atoms with Gasteiger partial charge in [-0.2, -0.15) is 13.9 Å². The molecule has 1 aliphatic heterocycles. The van der Waals surface area contributed by atoms with Crippen LogP contribution in [-0.4, -0.2) is 71.7 Å². The van der Waals surface area contributed by atoms with Crippen molar-refractivity contribution in [3.8, 4) is 0 Å². The molecule has 0 amide bonds. The summed E-state index contributed by atoms with van der Waals surface area (Å²) in [6, 6.07) is 0. The second kappa shape index (κ2) is 8.98. The molecule has 5 atom stereocenters. The molecule has 0 aliphatic carbocycles. The molecular weight excluding hydrogens is 496 g/mol. The SMILES string of the molecule is CN(C)c1nc2c(c(=O)[nH]1)[n+](C)cn2[C@@H]1O[C@H](COP(=O)(O)OP(=O)(O)n2ccnc2)C[C@@H]1O. The Kier molecular flexibility index (Phi) is 6.52. The van der Waals surface area contributed by atoms with E-state index in [0.717, 1.165) is 12.5 Å². The Labute approximate surface area is 192 Å². The van der Waals surface area contributed by atoms with Gasteiger partial charge < -0.3 is 24.5 Å². The van der Waals surface area contributed by atoms with E-state index in [1.165, 1.54) is 21.7 Å². The van der Waals surface area contributed by atoms with Crippen LogP contribution in [0.5, 0.6) is 0 Å². The number of rotatable bonds is 8. The third kappa shape index (κ3) is 4.85. The number of hydrogen-bond donors (Lipinski definition) is 4. The number of aromatic nitrogens is 6. The van der Waals surface area contributed by atoms with Crippen molar-refractivity contribution in [1.29, 1.82) is 0 Å². The van der Waals surface area contributed by atoms with Gasteiger partial charge in [0.1, 0.15) is 12.4 Å². The molecule has 0 radical (unpaired) electrons. The third-order valence-electron chi connectivity index (χ3n) is 5.04. The van der Waals surface area contributed by atoms with Crippen LogP contribution in [0.25, 0.3) is 11.2 Å². The third-order valence-corrected chi connectivity index (χ3v) is 8.01. The van der Waals surface area contributed by atoms with Crippen molar-refractivity contribution >= 4 is 32.7 Å². The number of nitrogens with one attached hydrogen (secondary N) is 1. The van der Waals surface area contributed by atoms with Crippen LogP contribution in [0.3, 0.4) is 0 Å². The fourth-order valence-corrected chi connectivity index (χ4v) is 5.88. The minimum Gasteiger partial charge on any atom is -0.386 e. The van der Waals surface area contributed by atoms with E-state index >= 15 is 0 Å². The molecule has 0 aromatic carbocycles. The lowest BCUT2D eigenvalue weighted by Gasteiger charge is -2.18. The smallest absolute Gasteiger partial charge is 0.386 e. The van der Waals surface area contributed by atoms with Crippen LogP contribution in [0.4, 0.5) is 5.95 Å². The quantitative estimate of drug-likeness (QED) is 0.214. The van der Waals surface area contributed by atoms with E-state index in [2.05, 4.69) is 19.3 Å². The summed E-state index contributed by atoms with van der Waals surface area (Å²) in [5.74, 6) is 0.300. The first-order chi connectivity index (χ1) is 15.9. The van der Waals surface area contributed by atoms with Gasteiger partial charge in [-0.15, -0.1) is 0 Å². The van der Waals surface area contributed by atoms with E-state index in [1.54, 1.807) is 26.0 Å². The molecule has 1 saturated heterocycles. The zero-order chi connectivity index (χ0) is 24.8. The number of H-pyrrole nitrogens is 1. The highest BCUT2D eigenvalue weighted by molar-refractivity contribution is 7.63. The molecule has 0 spiro atoms. The van der Waals surface area contributed by atoms with Crippen LogP contribution in [-0.2, 0) is 29.7 Å². The van der Waals surface area contributed by atoms with Crippen molar-refractivity contribution in [3.05, 3.63) is 35.4 Å². The molecule has 3 aromatic heterocycles. The lowest BCUT2D eigenvalue weighted by atomic mass is 10.2. The molecule has 186 valence electrons. The van der Waals surface area contributed by atoms with Crippen LogP contribution < -0.4 is 15.0 Å². The number of anilines is 1. The van der Waals surface area contributed by atoms with Gasteiger partial charge in [-0.3, -0.25) is 14.3 Å². The molecule has 1 aliphatic rings. The van der Waals surface area contributed by atoms with E-state index < -0.39 is 40.6 Å². The van der Waals surface area contributed by atoms with Crippen LogP contribution in [0.2, 0.25) is 0 Å². The second-order valence-corrected chi connectivity index (χ2v) is 11.1. The van der Waals surface area contributed by atoms with E-state index in [9.17, 15) is 28.8 Å². The van der Waals surface area contributed by atoms with Gasteiger partial charge in [0.25, 0.3) is 11.2 Å². The fourth-order valence-electron chi connectivity index (χ4n) is 3.51. The van der Waals surface area contributed by atoms with Crippen molar-refractivity contribution in [2.24, 2.45) is 7.05 Å². The van der Waals surface area contributed by atoms with Crippen molar-refractivity contribution in [2.45, 2.75) is 24.9 Å². The van der Waals surface area contributed by atoms with E-state index in [4.69, 9.17) is 9.26 Å². The number of imidazole rings is 2. The molecule has 1 fully saturated rings. The standard InChI is InChI=1S/C16H23N7O9P2/c1-20(2)16-18-13-12(14(25)19-16)21(3)9-23(13)15-11(24)6-10(31-15)7-30-34(28,29)32-33(26,27)22-5-4-17-8-22/h4-5,8-11,15,24H,6-7H2,1-3H3,(H2-,18,19,25,26,27,28,29)/p+1/t10-,11-,15+/m0/s1. The summed E-state index contributed by atoms with van der Waals surface area (Å²) >= 11 is 0. The highest BCUT2D eigenvalue weighted by Crippen LogP contribution is 2.60. The molecule has 4 heterocycles. The second-order valence-electron chi connectivity index (χ2n) is 7.82. The first kappa shape index (κ1) is 24.7. The van der Waals surface area contributed by atoms with E-state index in [0.29, 0.717) is 10.3 Å². The topological polar surface area (TPSA) is 198 Å². The summed E-state index contributed by atoms with van der Waals surface area (Å²) in [7, 11) is -4.64. The maximum absolute atomic E-state index is 12.5. The van der Waals surface area contributed by atoms with Crippen molar-refractivity contribution in [3.63, 3.8) is 0 Å². The first-order valence-electron chi connectivity index (χ1n) is 9.89. The van der Waals surface area contributed by atoms with Gasteiger partial charge in [-0.05, 0) is 0 Å². The zero-order valence-electron chi connectivity index (χ0n) is 18.3. The predicted octanol–water partition coefficient (Wildman–Crippen LogP) is -0.758. The number of aromatic amines is 1. The van der Waals surface area contributed by atoms with Gasteiger partial charge in [0, 0.05) is 32.9 Å². The van der Waals surface area contributed by atoms with Crippen LogP contribution in [0, 0.1) is 0 Å². The summed E-state index contributed by atoms with van der Waals surface area (Å²) in [5, 5.41) is 10.6. The molecule has 34 heavy (non-hydrogen) atoms. The summed E-state index contributed by atoms with van der Waals surface area (Å²) in [6.07, 6.45) is 1.87. The van der Waals surface area contributed by atoms with Gasteiger partial charge >= 0.3 is 21.1 Å². The molecule has 18 heteroatoms. The number of nitrogens with zero attached hydrogens (tertiary/aromatic N) is 6. The number of aliphatic hydroxyl groups is 1. The summed E-state index contributed by atoms with van der Waals surface area (Å²) in [5.41, 5.74) is 0.137. The maximum atomic E-state index is 12.5. The number of phosphoric acid groups is 1. The number of phosphoric ester groups is 1. The highest BCUT2D eigenvalue weighted by atomic mass is 31.3. The van der Waals surface area contributed by atoms with Crippen LogP contribution >= 0.6 is 15.6 Å². The number of aryl methyl sites for hydroxylation is 1. The lowest BCUT2D eigenvalue weighted by Crippen LogP contribution is -2.32. The monoisotopic (exact) mass is 520 g/mol. The van der Waals surface area contributed by atoms with Gasteiger partial charge in [-0.25, -0.2) is 23.0 Å². The number of hydrogen-bond acceptors (Lipinski definition) is 10. The van der Waals surface area contributed by atoms with E-state index in [-0.39, 0.29) is 23.1 Å². The van der Waals surface area contributed by atoms with Gasteiger partial charge in [0.05, 0.1) is 19.8 Å². The number of aliphatic hydroxyl groups excluding tert-OH is 1. The normalized spacial score (nSPS) is 24.2. The predicted molar refractivity (Wildman–Crippen MR) is 115 cm³/mol. The fraction of sp³-hybridized carbons (Fsp3) is 0.500. The average molecular weight is 520 g/mol. The summed E-state index contributed by atoms with van der Waals surface area (Å²) < 4.78 is 43.0. The maximum Gasteiger partial charge on any atom is 0.480 e. The Morgan fingerprint density at radius 1 is 1.38 bits per heavy atom. The van der Waals surface area contributed by atoms with Crippen molar-refractivity contribution in [1.82, 2.24) is 23.9 Å². The first-order valence-corrected chi connectivity index (χ1v) is 12.9. The van der Waals surface area contributed by atoms with Crippen molar-refractivity contribution < 1.29 is 42.2 Å². The van der Waals surface area contributed by atoms with E-state index in [1.807, 2.05) is 0 Å². The molecule has 0 bridgehead atoms. The van der Waals surface area contributed by atoms with Gasteiger partial charge in [-0.1, -0.05) is 0 Å². The molecule has 2 unspecified atom stereocenters. The Morgan fingerprint density at radius 3 is 2.76 bits per heavy atom. The van der Waals surface area contributed by atoms with Crippen LogP contribution in [0.15, 0.2) is 29.8 Å². The molecule has 3 aromatic rings. The van der Waals surface area contributed by atoms with Crippen LogP contribution in [0.1, 0.15) is 12.6 Å². The summed E-state index contributed by atoms with van der Waals surface area (Å²) in [4.78, 5) is 44.5. The Morgan fingerprint density at radius 2 is 2.12 bits per heavy atom. The Hall–Kier alpha value is -2.42. The molecule has 4 N–H and O–H groups in total. The number of fused-ring (bicyclic) bond motifs is 1. The molecule has 0 saturated carbocycles. The minimum atomic E-state index is -4.98. The highest BCUT2D eigenvalue weighted by Gasteiger charge is 2.43. The molecular formula is C16H24N7O9P2+. The zero-order valence-corrected chi connectivity index (χ0v) is 20.1. The molecule has 16 nitrogen and oxygen atoms in total. The number of ether oxygens (including phenoxy) is 1. The Bertz CT molecular complexity index is 1340. The molecule has 4 rings (SSSR count). The lowest BCUT2D eigenvalue weighted by molar-refractivity contribution is -0.646. The summed E-state index contributed by atoms with van der Waals surface area (Å²) in [6.45, 7) is -0.520.